The lowest BCUT2D eigenvalue weighted by Crippen LogP contribution is -2.40. The van der Waals surface area contributed by atoms with E-state index >= 15 is 0 Å². The summed E-state index contributed by atoms with van der Waals surface area (Å²) in [5.74, 6) is 0.445. The van der Waals surface area contributed by atoms with Crippen LogP contribution < -0.4 is 14.8 Å². The topological polar surface area (TPSA) is 122 Å². The molecule has 202 valence electrons. The fourth-order valence-electron chi connectivity index (χ4n) is 4.65. The quantitative estimate of drug-likeness (QED) is 0.506. The summed E-state index contributed by atoms with van der Waals surface area (Å²) in [7, 11) is -4.10. The van der Waals surface area contributed by atoms with E-state index in [0.717, 1.165) is 30.4 Å². The lowest BCUT2D eigenvalue weighted by atomic mass is 10.0. The first-order valence-electron chi connectivity index (χ1n) is 12.3. The Morgan fingerprint density at radius 2 is 1.49 bits per heavy atom. The van der Waals surface area contributed by atoms with Gasteiger partial charge in [-0.3, -0.25) is 4.79 Å². The minimum atomic E-state index is -3.62. The summed E-state index contributed by atoms with van der Waals surface area (Å²) >= 11 is 0. The molecule has 1 amide bonds. The number of methoxy groups -OCH3 is 2. The second kappa shape index (κ2) is 11.4. The van der Waals surface area contributed by atoms with Crippen molar-refractivity contribution in [3.05, 3.63) is 53.1 Å². The first kappa shape index (κ1) is 27.4. The molecular formula is C25H33N3O7S2. The molecule has 0 aromatic heterocycles. The Bertz CT molecular complexity index is 1340. The normalized spacial score (nSPS) is 17.1. The van der Waals surface area contributed by atoms with Gasteiger partial charge in [0.15, 0.2) is 11.5 Å². The Hall–Kier alpha value is -2.67. The predicted octanol–water partition coefficient (Wildman–Crippen LogP) is 2.00. The van der Waals surface area contributed by atoms with Crippen molar-refractivity contribution >= 4 is 26.0 Å². The summed E-state index contributed by atoms with van der Waals surface area (Å²) < 4.78 is 65.0. The minimum absolute atomic E-state index is 0.0652. The van der Waals surface area contributed by atoms with Crippen molar-refractivity contribution in [1.29, 1.82) is 0 Å². The molecule has 2 aromatic carbocycles. The van der Waals surface area contributed by atoms with Gasteiger partial charge in [-0.2, -0.15) is 8.61 Å². The number of carbonyl (C=O) groups is 1. The summed E-state index contributed by atoms with van der Waals surface area (Å²) in [5.41, 5.74) is 2.14. The number of fused-ring (bicyclic) bond motifs is 1. The van der Waals surface area contributed by atoms with E-state index in [1.807, 2.05) is 6.07 Å². The maximum Gasteiger partial charge on any atom is 0.251 e. The van der Waals surface area contributed by atoms with Crippen molar-refractivity contribution in [2.75, 3.05) is 46.2 Å². The average Bonchev–Trinajstić information content (AvgIpc) is 2.92. The van der Waals surface area contributed by atoms with Crippen LogP contribution in [0.3, 0.4) is 0 Å². The van der Waals surface area contributed by atoms with E-state index in [9.17, 15) is 21.6 Å². The Morgan fingerprint density at radius 3 is 2.11 bits per heavy atom. The van der Waals surface area contributed by atoms with Crippen LogP contribution in [0, 0.1) is 0 Å². The van der Waals surface area contributed by atoms with Crippen LogP contribution in [-0.2, 0) is 33.0 Å². The molecule has 37 heavy (non-hydrogen) atoms. The van der Waals surface area contributed by atoms with E-state index in [1.54, 1.807) is 13.2 Å². The lowest BCUT2D eigenvalue weighted by molar-refractivity contribution is 0.0956. The first-order valence-corrected chi connectivity index (χ1v) is 15.3. The zero-order valence-electron chi connectivity index (χ0n) is 21.1. The number of benzene rings is 2. The molecule has 12 heteroatoms. The zero-order valence-corrected chi connectivity index (χ0v) is 22.7. The third-order valence-corrected chi connectivity index (χ3v) is 10.5. The molecular weight excluding hydrogens is 518 g/mol. The van der Waals surface area contributed by atoms with Gasteiger partial charge in [0.2, 0.25) is 20.0 Å². The Balaban J connectivity index is 1.33. The van der Waals surface area contributed by atoms with Crippen LogP contribution >= 0.6 is 0 Å². The van der Waals surface area contributed by atoms with Crippen LogP contribution in [0.15, 0.2) is 41.3 Å². The number of nitrogens with one attached hydrogen (secondary N) is 1. The molecule has 0 bridgehead atoms. The SMILES string of the molecule is COc1cc2c(cc1OC)CN(S(=O)(=O)CCNC(=O)c1ccc(S(=O)(=O)N3CCCCC3)cc1)CC2. The summed E-state index contributed by atoms with van der Waals surface area (Å²) in [6.45, 7) is 1.50. The molecule has 0 saturated carbocycles. The van der Waals surface area contributed by atoms with Crippen molar-refractivity contribution in [2.45, 2.75) is 37.1 Å². The number of hydrogen-bond acceptors (Lipinski definition) is 7. The zero-order chi connectivity index (χ0) is 26.6. The second-order valence-corrected chi connectivity index (χ2v) is 13.1. The first-order chi connectivity index (χ1) is 17.7. The van der Waals surface area contributed by atoms with E-state index in [4.69, 9.17) is 9.47 Å². The summed E-state index contributed by atoms with van der Waals surface area (Å²) in [5, 5.41) is 2.63. The van der Waals surface area contributed by atoms with Crippen molar-refractivity contribution in [2.24, 2.45) is 0 Å². The fourth-order valence-corrected chi connectivity index (χ4v) is 7.49. The van der Waals surface area contributed by atoms with Crippen LogP contribution in [0.25, 0.3) is 0 Å². The van der Waals surface area contributed by atoms with Gasteiger partial charge < -0.3 is 14.8 Å². The van der Waals surface area contributed by atoms with Crippen molar-refractivity contribution in [3.63, 3.8) is 0 Å². The number of piperidine rings is 1. The maximum absolute atomic E-state index is 12.9. The minimum Gasteiger partial charge on any atom is -0.493 e. The molecule has 2 aliphatic heterocycles. The van der Waals surface area contributed by atoms with E-state index in [-0.39, 0.29) is 29.3 Å². The van der Waals surface area contributed by atoms with E-state index in [1.165, 1.54) is 40.0 Å². The number of nitrogens with zero attached hydrogens (tertiary/aromatic N) is 2. The molecule has 1 saturated heterocycles. The number of carbonyl (C=O) groups excluding carboxylic acids is 1. The number of rotatable bonds is 9. The van der Waals surface area contributed by atoms with Gasteiger partial charge in [0.05, 0.1) is 24.9 Å². The molecule has 2 heterocycles. The molecule has 1 N–H and O–H groups in total. The van der Waals surface area contributed by atoms with Gasteiger partial charge in [0, 0.05) is 38.3 Å². The van der Waals surface area contributed by atoms with Crippen LogP contribution in [0.2, 0.25) is 0 Å². The average molecular weight is 552 g/mol. The molecule has 2 aliphatic rings. The lowest BCUT2D eigenvalue weighted by Gasteiger charge is -2.29. The highest BCUT2D eigenvalue weighted by Gasteiger charge is 2.28. The summed E-state index contributed by atoms with van der Waals surface area (Å²) in [4.78, 5) is 12.7. The van der Waals surface area contributed by atoms with Crippen molar-refractivity contribution in [1.82, 2.24) is 13.9 Å². The Kier molecular flexibility index (Phi) is 8.42. The van der Waals surface area contributed by atoms with E-state index in [2.05, 4.69) is 5.32 Å². The Labute approximate surface area is 218 Å². The number of amides is 1. The van der Waals surface area contributed by atoms with Gasteiger partial charge in [-0.05, 0) is 66.8 Å². The highest BCUT2D eigenvalue weighted by atomic mass is 32.2. The smallest absolute Gasteiger partial charge is 0.251 e. The molecule has 2 aromatic rings. The van der Waals surface area contributed by atoms with Gasteiger partial charge >= 0.3 is 0 Å². The summed E-state index contributed by atoms with van der Waals surface area (Å²) in [6.07, 6.45) is 3.26. The second-order valence-electron chi connectivity index (χ2n) is 9.12. The van der Waals surface area contributed by atoms with E-state index in [0.29, 0.717) is 37.6 Å². The fraction of sp³-hybridized carbons (Fsp3) is 0.480. The van der Waals surface area contributed by atoms with Gasteiger partial charge in [-0.25, -0.2) is 16.8 Å². The molecule has 10 nitrogen and oxygen atoms in total. The number of ether oxygens (including phenoxy) is 2. The third-order valence-electron chi connectivity index (χ3n) is 6.79. The van der Waals surface area contributed by atoms with Crippen LogP contribution in [0.4, 0.5) is 0 Å². The maximum atomic E-state index is 12.9. The van der Waals surface area contributed by atoms with Crippen LogP contribution in [0.5, 0.6) is 11.5 Å². The Morgan fingerprint density at radius 1 is 0.865 bits per heavy atom. The monoisotopic (exact) mass is 551 g/mol. The molecule has 0 unspecified atom stereocenters. The molecule has 0 spiro atoms. The third kappa shape index (κ3) is 6.08. The van der Waals surface area contributed by atoms with Gasteiger partial charge in [-0.1, -0.05) is 6.42 Å². The van der Waals surface area contributed by atoms with Crippen molar-refractivity contribution < 1.29 is 31.1 Å². The molecule has 0 atom stereocenters. The predicted molar refractivity (Wildman–Crippen MR) is 139 cm³/mol. The summed E-state index contributed by atoms with van der Waals surface area (Å²) in [6, 6.07) is 9.41. The van der Waals surface area contributed by atoms with Gasteiger partial charge in [-0.15, -0.1) is 0 Å². The van der Waals surface area contributed by atoms with Gasteiger partial charge in [0.25, 0.3) is 5.91 Å². The van der Waals surface area contributed by atoms with Crippen LogP contribution in [-0.4, -0.2) is 77.5 Å². The standard InChI is InChI=1S/C25H33N3O7S2/c1-34-23-16-20-10-14-28(18-21(20)17-24(23)35-2)36(30,31)15-11-26-25(29)19-6-8-22(9-7-19)37(32,33)27-12-4-3-5-13-27/h6-9,16-17H,3-5,10-15,18H2,1-2H3,(H,26,29). The molecule has 1 fully saturated rings. The van der Waals surface area contributed by atoms with Crippen molar-refractivity contribution in [3.8, 4) is 11.5 Å². The number of sulfonamides is 2. The highest BCUT2D eigenvalue weighted by molar-refractivity contribution is 7.89. The molecule has 0 aliphatic carbocycles. The molecule has 0 radical (unpaired) electrons. The van der Waals surface area contributed by atoms with Crippen LogP contribution in [0.1, 0.15) is 40.7 Å². The largest absolute Gasteiger partial charge is 0.493 e. The highest BCUT2D eigenvalue weighted by Crippen LogP contribution is 2.33. The number of hydrogen-bond donors (Lipinski definition) is 1. The van der Waals surface area contributed by atoms with Gasteiger partial charge in [0.1, 0.15) is 0 Å². The van der Waals surface area contributed by atoms with E-state index < -0.39 is 26.0 Å². The molecule has 4 rings (SSSR count).